The minimum atomic E-state index is 0.403. The van der Waals surface area contributed by atoms with Crippen molar-refractivity contribution in [3.8, 4) is 0 Å². The highest BCUT2D eigenvalue weighted by atomic mass is 32.1. The van der Waals surface area contributed by atoms with Crippen LogP contribution >= 0.6 is 34.0 Å². The molecule has 19 heavy (non-hydrogen) atoms. The highest BCUT2D eigenvalue weighted by molar-refractivity contribution is 7.10. The molecule has 0 aliphatic carbocycles. The van der Waals surface area contributed by atoms with Crippen molar-refractivity contribution < 1.29 is 0 Å². The molecule has 0 fully saturated rings. The summed E-state index contributed by atoms with van der Waals surface area (Å²) in [7, 11) is 0. The fourth-order valence-electron chi connectivity index (χ4n) is 2.42. The van der Waals surface area contributed by atoms with Crippen molar-refractivity contribution in [1.29, 1.82) is 0 Å². The summed E-state index contributed by atoms with van der Waals surface area (Å²) in [6.07, 6.45) is 0. The largest absolute Gasteiger partial charge is 0.149 e. The van der Waals surface area contributed by atoms with Crippen LogP contribution in [0, 0.1) is 20.8 Å². The maximum absolute atomic E-state index is 2.33. The lowest BCUT2D eigenvalue weighted by atomic mass is 9.89. The SMILES string of the molecule is Cc1cc(C(c2csc(C)c2)c2csc(C)c2)cs1. The average Bonchev–Trinajstić information content (AvgIpc) is 3.05. The molecular weight excluding hydrogens is 288 g/mol. The Kier molecular flexibility index (Phi) is 3.61. The van der Waals surface area contributed by atoms with Gasteiger partial charge in [0.25, 0.3) is 0 Å². The Morgan fingerprint density at radius 3 is 1.16 bits per heavy atom. The van der Waals surface area contributed by atoms with E-state index in [0.717, 1.165) is 0 Å². The topological polar surface area (TPSA) is 0 Å². The minimum Gasteiger partial charge on any atom is -0.149 e. The zero-order valence-electron chi connectivity index (χ0n) is 11.3. The van der Waals surface area contributed by atoms with Crippen molar-refractivity contribution in [1.82, 2.24) is 0 Å². The number of hydrogen-bond acceptors (Lipinski definition) is 3. The predicted octanol–water partition coefficient (Wildman–Crippen LogP) is 5.98. The van der Waals surface area contributed by atoms with Gasteiger partial charge in [0.2, 0.25) is 0 Å². The van der Waals surface area contributed by atoms with Crippen LogP contribution in [-0.2, 0) is 0 Å². The first-order valence-corrected chi connectivity index (χ1v) is 8.92. The van der Waals surface area contributed by atoms with Gasteiger partial charge in [0.05, 0.1) is 0 Å². The molecule has 0 N–H and O–H groups in total. The van der Waals surface area contributed by atoms with Crippen molar-refractivity contribution in [2.24, 2.45) is 0 Å². The zero-order chi connectivity index (χ0) is 13.4. The fourth-order valence-corrected chi connectivity index (χ4v) is 4.61. The molecule has 0 radical (unpaired) electrons. The fraction of sp³-hybridized carbons (Fsp3) is 0.250. The molecule has 0 amide bonds. The van der Waals surface area contributed by atoms with E-state index >= 15 is 0 Å². The van der Waals surface area contributed by atoms with E-state index < -0.39 is 0 Å². The summed E-state index contributed by atoms with van der Waals surface area (Å²) < 4.78 is 0. The van der Waals surface area contributed by atoms with Crippen LogP contribution in [0.3, 0.4) is 0 Å². The molecule has 3 heterocycles. The molecule has 3 aromatic heterocycles. The number of hydrogen-bond donors (Lipinski definition) is 0. The summed E-state index contributed by atoms with van der Waals surface area (Å²) >= 11 is 5.53. The smallest absolute Gasteiger partial charge is 0.0364 e. The summed E-state index contributed by atoms with van der Waals surface area (Å²) in [5.41, 5.74) is 4.29. The maximum atomic E-state index is 2.33. The molecule has 0 aliphatic rings. The number of aryl methyl sites for hydroxylation is 3. The van der Waals surface area contributed by atoms with Crippen LogP contribution in [0.25, 0.3) is 0 Å². The lowest BCUT2D eigenvalue weighted by molar-refractivity contribution is 0.997. The summed E-state index contributed by atoms with van der Waals surface area (Å²) in [5.74, 6) is 0.403. The summed E-state index contributed by atoms with van der Waals surface area (Å²) in [5, 5.41) is 6.92. The van der Waals surface area contributed by atoms with Crippen molar-refractivity contribution in [2.75, 3.05) is 0 Å². The number of thiophene rings is 3. The van der Waals surface area contributed by atoms with E-state index in [0.29, 0.717) is 5.92 Å². The predicted molar refractivity (Wildman–Crippen MR) is 88.1 cm³/mol. The monoisotopic (exact) mass is 304 g/mol. The Morgan fingerprint density at radius 1 is 0.632 bits per heavy atom. The molecule has 3 heteroatoms. The molecule has 0 bridgehead atoms. The lowest BCUT2D eigenvalue weighted by Gasteiger charge is -2.13. The molecule has 0 atom stereocenters. The molecule has 0 unspecified atom stereocenters. The third-order valence-electron chi connectivity index (χ3n) is 3.25. The standard InChI is InChI=1S/C16H16S3/c1-10-4-13(7-17-10)16(14-5-11(2)18-8-14)15-6-12(3)19-9-15/h4-9,16H,1-3H3. The van der Waals surface area contributed by atoms with E-state index in [2.05, 4.69) is 55.1 Å². The summed E-state index contributed by atoms with van der Waals surface area (Å²) in [4.78, 5) is 4.16. The first-order valence-electron chi connectivity index (χ1n) is 6.28. The maximum Gasteiger partial charge on any atom is 0.0364 e. The van der Waals surface area contributed by atoms with Crippen LogP contribution in [0.15, 0.2) is 34.3 Å². The highest BCUT2D eigenvalue weighted by Gasteiger charge is 2.19. The van der Waals surface area contributed by atoms with Crippen LogP contribution in [0.2, 0.25) is 0 Å². The van der Waals surface area contributed by atoms with E-state index in [1.54, 1.807) is 0 Å². The second-order valence-electron chi connectivity index (χ2n) is 4.91. The van der Waals surface area contributed by atoms with Gasteiger partial charge >= 0.3 is 0 Å². The lowest BCUT2D eigenvalue weighted by Crippen LogP contribution is -1.99. The first-order chi connectivity index (χ1) is 9.13. The molecule has 98 valence electrons. The Morgan fingerprint density at radius 2 is 0.947 bits per heavy atom. The van der Waals surface area contributed by atoms with Gasteiger partial charge in [0, 0.05) is 20.5 Å². The summed E-state index contributed by atoms with van der Waals surface area (Å²) in [6.45, 7) is 6.55. The molecule has 0 aromatic carbocycles. The van der Waals surface area contributed by atoms with Gasteiger partial charge in [0.15, 0.2) is 0 Å². The normalized spacial score (nSPS) is 11.4. The minimum absolute atomic E-state index is 0.403. The van der Waals surface area contributed by atoms with E-state index in [1.165, 1.54) is 31.3 Å². The van der Waals surface area contributed by atoms with Crippen LogP contribution in [-0.4, -0.2) is 0 Å². The van der Waals surface area contributed by atoms with Crippen molar-refractivity contribution in [3.05, 3.63) is 65.7 Å². The van der Waals surface area contributed by atoms with Gasteiger partial charge in [-0.15, -0.1) is 34.0 Å². The quantitative estimate of drug-likeness (QED) is 0.558. The first kappa shape index (κ1) is 13.1. The van der Waals surface area contributed by atoms with Gasteiger partial charge < -0.3 is 0 Å². The molecule has 3 aromatic rings. The Balaban J connectivity index is 2.10. The van der Waals surface area contributed by atoms with E-state index in [9.17, 15) is 0 Å². The highest BCUT2D eigenvalue weighted by Crippen LogP contribution is 2.37. The molecule has 0 saturated heterocycles. The second kappa shape index (κ2) is 5.23. The van der Waals surface area contributed by atoms with Crippen LogP contribution in [0.5, 0.6) is 0 Å². The molecule has 0 saturated carbocycles. The molecular formula is C16H16S3. The van der Waals surface area contributed by atoms with E-state index in [4.69, 9.17) is 0 Å². The molecule has 0 nitrogen and oxygen atoms in total. The third-order valence-corrected chi connectivity index (χ3v) is 5.89. The average molecular weight is 305 g/mol. The van der Waals surface area contributed by atoms with Crippen molar-refractivity contribution >= 4 is 34.0 Å². The third kappa shape index (κ3) is 2.69. The van der Waals surface area contributed by atoms with Gasteiger partial charge in [-0.1, -0.05) is 0 Å². The second-order valence-corrected chi connectivity index (χ2v) is 8.25. The zero-order valence-corrected chi connectivity index (χ0v) is 13.7. The van der Waals surface area contributed by atoms with Crippen molar-refractivity contribution in [3.63, 3.8) is 0 Å². The van der Waals surface area contributed by atoms with Crippen LogP contribution in [0.1, 0.15) is 37.2 Å². The summed E-state index contributed by atoms with van der Waals surface area (Å²) in [6, 6.07) is 6.99. The molecule has 3 rings (SSSR count). The van der Waals surface area contributed by atoms with Crippen molar-refractivity contribution in [2.45, 2.75) is 26.7 Å². The van der Waals surface area contributed by atoms with Gasteiger partial charge in [-0.3, -0.25) is 0 Å². The Hall–Kier alpha value is -0.900. The Labute approximate surface area is 126 Å². The van der Waals surface area contributed by atoms with E-state index in [-0.39, 0.29) is 0 Å². The van der Waals surface area contributed by atoms with Gasteiger partial charge in [-0.25, -0.2) is 0 Å². The van der Waals surface area contributed by atoms with E-state index in [1.807, 2.05) is 34.0 Å². The number of rotatable bonds is 3. The molecule has 0 spiro atoms. The van der Waals surface area contributed by atoms with Gasteiger partial charge in [-0.2, -0.15) is 0 Å². The van der Waals surface area contributed by atoms with Crippen LogP contribution < -0.4 is 0 Å². The molecule has 0 aliphatic heterocycles. The van der Waals surface area contributed by atoms with Gasteiger partial charge in [-0.05, 0) is 71.8 Å². The Bertz CT molecular complexity index is 589. The van der Waals surface area contributed by atoms with Crippen LogP contribution in [0.4, 0.5) is 0 Å². The van der Waals surface area contributed by atoms with Gasteiger partial charge in [0.1, 0.15) is 0 Å².